The molecule has 1 saturated heterocycles. The van der Waals surface area contributed by atoms with Gasteiger partial charge in [0.25, 0.3) is 5.91 Å². The van der Waals surface area contributed by atoms with Crippen molar-refractivity contribution in [1.29, 1.82) is 0 Å². The topological polar surface area (TPSA) is 126 Å². The predicted octanol–water partition coefficient (Wildman–Crippen LogP) is 7.33. The van der Waals surface area contributed by atoms with E-state index in [4.69, 9.17) is 0 Å². The van der Waals surface area contributed by atoms with Crippen LogP contribution in [0.4, 0.5) is 13.2 Å². The third kappa shape index (κ3) is 9.67. The Morgan fingerprint density at radius 1 is 0.942 bits per heavy atom. The van der Waals surface area contributed by atoms with Crippen LogP contribution in [0.2, 0.25) is 0 Å². The van der Waals surface area contributed by atoms with Crippen LogP contribution in [0.25, 0.3) is 0 Å². The zero-order valence-corrected chi connectivity index (χ0v) is 31.3. The monoisotopic (exact) mass is 730 g/mol. The quantitative estimate of drug-likeness (QED) is 0.177. The van der Waals surface area contributed by atoms with Crippen molar-refractivity contribution < 1.29 is 37.1 Å². The molecule has 0 unspecified atom stereocenters. The number of carbonyl (C=O) groups excluding carboxylic acids is 5. The molecule has 12 heteroatoms. The first-order chi connectivity index (χ1) is 24.6. The third-order valence-corrected chi connectivity index (χ3v) is 12.3. The molecule has 288 valence electrons. The van der Waals surface area contributed by atoms with Crippen molar-refractivity contribution in [1.82, 2.24) is 20.2 Å². The summed E-state index contributed by atoms with van der Waals surface area (Å²) >= 11 is 0. The van der Waals surface area contributed by atoms with Gasteiger partial charge in [-0.3, -0.25) is 29.0 Å². The minimum absolute atomic E-state index is 0.0509. The molecule has 1 aromatic heterocycles. The van der Waals surface area contributed by atoms with Gasteiger partial charge in [0, 0.05) is 49.7 Å². The highest BCUT2D eigenvalue weighted by Crippen LogP contribution is 2.48. The molecule has 3 aliphatic carbocycles. The van der Waals surface area contributed by atoms with Gasteiger partial charge in [0.05, 0.1) is 18.2 Å². The molecule has 1 aromatic rings. The van der Waals surface area contributed by atoms with E-state index in [1.54, 1.807) is 20.8 Å². The van der Waals surface area contributed by atoms with Crippen molar-refractivity contribution in [3.05, 3.63) is 24.3 Å². The number of ketones is 3. The Labute approximate surface area is 306 Å². The van der Waals surface area contributed by atoms with Gasteiger partial charge in [0.1, 0.15) is 5.69 Å². The van der Waals surface area contributed by atoms with Gasteiger partial charge < -0.3 is 10.2 Å². The van der Waals surface area contributed by atoms with Crippen LogP contribution in [0.5, 0.6) is 0 Å². The van der Waals surface area contributed by atoms with Crippen molar-refractivity contribution in [3.8, 4) is 0 Å². The highest BCUT2D eigenvalue weighted by Gasteiger charge is 2.55. The lowest BCUT2D eigenvalue weighted by molar-refractivity contribution is -0.194. The second kappa shape index (κ2) is 16.9. The highest BCUT2D eigenvalue weighted by molar-refractivity contribution is 6.38. The average molecular weight is 731 g/mol. The first-order valence-electron chi connectivity index (χ1n) is 19.6. The SMILES string of the molecule is CCC[C@H](CC(=O)[C@@H]1[C@H]2CCC[C@H]2CN1C(=O)[C@@H](C[C@@H]([C@@H](NC(=O)c1cnccn1)C1CCCCC1)C(F)(F)F)C(C)(C)C)C(=O)C(=O)CC1CC1. The Balaban J connectivity index is 1.43. The second-order valence-electron chi connectivity index (χ2n) is 17.2. The Hall–Kier alpha value is -3.18. The van der Waals surface area contributed by atoms with E-state index in [2.05, 4.69) is 15.3 Å². The number of carbonyl (C=O) groups is 5. The van der Waals surface area contributed by atoms with Crippen molar-refractivity contribution >= 4 is 29.2 Å². The number of fused-ring (bicyclic) bond motifs is 1. The number of aromatic nitrogens is 2. The number of nitrogens with one attached hydrogen (secondary N) is 1. The van der Waals surface area contributed by atoms with Crippen LogP contribution in [-0.2, 0) is 19.2 Å². The summed E-state index contributed by atoms with van der Waals surface area (Å²) in [5.41, 5.74) is -0.986. The van der Waals surface area contributed by atoms with Gasteiger partial charge in [-0.25, -0.2) is 4.98 Å². The lowest BCUT2D eigenvalue weighted by Gasteiger charge is -2.42. The Morgan fingerprint density at radius 3 is 2.25 bits per heavy atom. The summed E-state index contributed by atoms with van der Waals surface area (Å²) in [6, 6.07) is -2.12. The summed E-state index contributed by atoms with van der Waals surface area (Å²) in [6.07, 6.45) is 7.46. The molecule has 0 radical (unpaired) electrons. The smallest absolute Gasteiger partial charge is 0.347 e. The molecule has 1 aliphatic heterocycles. The van der Waals surface area contributed by atoms with E-state index in [1.165, 1.54) is 23.5 Å². The van der Waals surface area contributed by atoms with Crippen LogP contribution in [0, 0.1) is 46.8 Å². The molecular formula is C40H57F3N4O5. The number of hydrogen-bond donors (Lipinski definition) is 1. The lowest BCUT2D eigenvalue weighted by Crippen LogP contribution is -2.54. The molecule has 3 saturated carbocycles. The van der Waals surface area contributed by atoms with Crippen LogP contribution in [0.3, 0.4) is 0 Å². The van der Waals surface area contributed by atoms with Gasteiger partial charge in [0.2, 0.25) is 11.7 Å². The summed E-state index contributed by atoms with van der Waals surface area (Å²) < 4.78 is 46.1. The molecule has 9 nitrogen and oxygen atoms in total. The molecule has 0 bridgehead atoms. The number of alkyl halides is 3. The van der Waals surface area contributed by atoms with E-state index in [-0.39, 0.29) is 48.6 Å². The molecular weight excluding hydrogens is 673 g/mol. The molecule has 4 fully saturated rings. The highest BCUT2D eigenvalue weighted by atomic mass is 19.4. The van der Waals surface area contributed by atoms with Crippen LogP contribution < -0.4 is 5.32 Å². The van der Waals surface area contributed by atoms with E-state index in [0.717, 1.165) is 51.4 Å². The van der Waals surface area contributed by atoms with Crippen LogP contribution in [-0.4, -0.2) is 68.8 Å². The maximum Gasteiger partial charge on any atom is 0.393 e. The Bertz CT molecular complexity index is 1440. The number of Topliss-reactive ketones (excluding diaryl/α,β-unsaturated/α-hetero) is 3. The van der Waals surface area contributed by atoms with Gasteiger partial charge in [-0.05, 0) is 80.5 Å². The van der Waals surface area contributed by atoms with E-state index in [1.807, 2.05) is 6.92 Å². The second-order valence-corrected chi connectivity index (χ2v) is 17.2. The minimum Gasteiger partial charge on any atom is -0.347 e. The van der Waals surface area contributed by atoms with Gasteiger partial charge in [0.15, 0.2) is 11.6 Å². The zero-order valence-electron chi connectivity index (χ0n) is 31.3. The largest absolute Gasteiger partial charge is 0.393 e. The summed E-state index contributed by atoms with van der Waals surface area (Å²) in [6.45, 7) is 7.45. The van der Waals surface area contributed by atoms with Crippen molar-refractivity contribution in [3.63, 3.8) is 0 Å². The molecule has 0 spiro atoms. The van der Waals surface area contributed by atoms with Crippen molar-refractivity contribution in [2.24, 2.45) is 46.8 Å². The summed E-state index contributed by atoms with van der Waals surface area (Å²) in [5, 5.41) is 2.70. The van der Waals surface area contributed by atoms with Crippen molar-refractivity contribution in [2.45, 2.75) is 142 Å². The van der Waals surface area contributed by atoms with Crippen molar-refractivity contribution in [2.75, 3.05) is 6.54 Å². The molecule has 0 aromatic carbocycles. The van der Waals surface area contributed by atoms with Gasteiger partial charge in [-0.15, -0.1) is 0 Å². The lowest BCUT2D eigenvalue weighted by atomic mass is 9.70. The molecule has 4 aliphatic rings. The first kappa shape index (κ1) is 40.0. The molecule has 1 N–H and O–H groups in total. The molecule has 52 heavy (non-hydrogen) atoms. The third-order valence-electron chi connectivity index (χ3n) is 12.3. The van der Waals surface area contributed by atoms with Crippen LogP contribution in [0.1, 0.15) is 134 Å². The van der Waals surface area contributed by atoms with Gasteiger partial charge in [-0.2, -0.15) is 13.2 Å². The first-order valence-corrected chi connectivity index (χ1v) is 19.6. The standard InChI is InChI=1S/C40H57F3N4O5/c1-5-10-26(36(50)33(49)19-24-15-16-24)20-32(48)35-28-14-9-13-27(28)23-47(35)38(52)30(39(2,3)4)21-29(40(41,42)43)34(25-11-7-6-8-12-25)46-37(51)31-22-44-17-18-45-31/h17-18,22,24-30,34-35H,5-16,19-21,23H2,1-4H3,(H,46,51)/t26-,27+,28+,29+,30-,34+,35+/m1/s1. The fourth-order valence-electron chi connectivity index (χ4n) is 9.34. The maximum atomic E-state index is 15.4. The molecule has 2 amide bonds. The number of amides is 2. The number of rotatable bonds is 16. The summed E-state index contributed by atoms with van der Waals surface area (Å²) in [4.78, 5) is 78.0. The Kier molecular flexibility index (Phi) is 13.0. The summed E-state index contributed by atoms with van der Waals surface area (Å²) in [5.74, 6) is -6.61. The zero-order chi connectivity index (χ0) is 37.8. The summed E-state index contributed by atoms with van der Waals surface area (Å²) in [7, 11) is 0. The number of halogens is 3. The van der Waals surface area contributed by atoms with Gasteiger partial charge >= 0.3 is 6.18 Å². The van der Waals surface area contributed by atoms with Crippen LogP contribution in [0.15, 0.2) is 18.6 Å². The van der Waals surface area contributed by atoms with Crippen LogP contribution >= 0.6 is 0 Å². The van der Waals surface area contributed by atoms with E-state index in [0.29, 0.717) is 25.7 Å². The van der Waals surface area contributed by atoms with E-state index < -0.39 is 77.1 Å². The van der Waals surface area contributed by atoms with E-state index in [9.17, 15) is 24.0 Å². The Morgan fingerprint density at radius 2 is 1.65 bits per heavy atom. The normalized spacial score (nSPS) is 24.8. The molecule has 7 atom stereocenters. The maximum absolute atomic E-state index is 15.4. The molecule has 5 rings (SSSR count). The minimum atomic E-state index is -4.74. The molecule has 2 heterocycles. The fourth-order valence-corrected chi connectivity index (χ4v) is 9.34. The number of hydrogen-bond acceptors (Lipinski definition) is 7. The number of likely N-dealkylation sites (tertiary alicyclic amines) is 1. The average Bonchev–Trinajstić information content (AvgIpc) is 3.66. The van der Waals surface area contributed by atoms with Gasteiger partial charge in [-0.1, -0.05) is 59.8 Å². The predicted molar refractivity (Wildman–Crippen MR) is 189 cm³/mol. The van der Waals surface area contributed by atoms with E-state index >= 15 is 13.2 Å². The number of nitrogens with zero attached hydrogens (tertiary/aromatic N) is 3. The fraction of sp³-hybridized carbons (Fsp3) is 0.775.